The van der Waals surface area contributed by atoms with Gasteiger partial charge in [0.25, 0.3) is 5.91 Å². The Balaban J connectivity index is 1.96. The molecular formula is C20H18Cl2N2O5. The second kappa shape index (κ2) is 7.57. The topological polar surface area (TPSA) is 95.9 Å². The first-order chi connectivity index (χ1) is 13.5. The van der Waals surface area contributed by atoms with Crippen LogP contribution in [0.2, 0.25) is 10.0 Å². The average Bonchev–Trinajstić information content (AvgIpc) is 2.60. The number of nitrogens with one attached hydrogen (secondary N) is 1. The Morgan fingerprint density at radius 1 is 1.14 bits per heavy atom. The van der Waals surface area contributed by atoms with Crippen molar-refractivity contribution in [1.82, 2.24) is 0 Å². The minimum absolute atomic E-state index is 0.0134. The lowest BCUT2D eigenvalue weighted by Gasteiger charge is -2.41. The molecule has 1 unspecified atom stereocenters. The molecule has 29 heavy (non-hydrogen) atoms. The molecule has 0 bridgehead atoms. The van der Waals surface area contributed by atoms with Crippen molar-refractivity contribution >= 4 is 52.4 Å². The van der Waals surface area contributed by atoms with Crippen molar-refractivity contribution in [1.29, 1.82) is 0 Å². The minimum atomic E-state index is -1.28. The standard InChI is InChI=1S/C20H18Cl2N2O5/c1-10(17(25)23-14-8-12(21)7-13(22)9-14)24-15-5-4-11(18(26)27)6-16(15)29-20(2,3)19(24)28/h4-10H,1-3H3,(H,23,25)(H,26,27). The summed E-state index contributed by atoms with van der Waals surface area (Å²) in [4.78, 5) is 38.4. The SMILES string of the molecule is CC(C(=O)Nc1cc(Cl)cc(Cl)c1)N1C(=O)C(C)(C)Oc2cc(C(=O)O)ccc21. The van der Waals surface area contributed by atoms with Gasteiger partial charge in [-0.15, -0.1) is 0 Å². The summed E-state index contributed by atoms with van der Waals surface area (Å²) >= 11 is 11.9. The van der Waals surface area contributed by atoms with Crippen molar-refractivity contribution in [3.63, 3.8) is 0 Å². The Labute approximate surface area is 177 Å². The van der Waals surface area contributed by atoms with E-state index in [1.165, 1.54) is 41.3 Å². The zero-order chi connectivity index (χ0) is 21.5. The van der Waals surface area contributed by atoms with Gasteiger partial charge in [-0.3, -0.25) is 14.5 Å². The van der Waals surface area contributed by atoms with E-state index in [0.717, 1.165) is 0 Å². The third kappa shape index (κ3) is 4.16. The lowest BCUT2D eigenvalue weighted by atomic mass is 10.0. The third-order valence-corrected chi connectivity index (χ3v) is 4.90. The van der Waals surface area contributed by atoms with Gasteiger partial charge in [-0.05, 0) is 57.2 Å². The molecule has 9 heteroatoms. The van der Waals surface area contributed by atoms with Gasteiger partial charge in [-0.1, -0.05) is 23.2 Å². The molecule has 0 aromatic heterocycles. The minimum Gasteiger partial charge on any atom is -0.478 e. The average molecular weight is 437 g/mol. The van der Waals surface area contributed by atoms with Crippen molar-refractivity contribution in [3.05, 3.63) is 52.0 Å². The molecule has 1 atom stereocenters. The zero-order valence-corrected chi connectivity index (χ0v) is 17.3. The van der Waals surface area contributed by atoms with Gasteiger partial charge < -0.3 is 15.2 Å². The van der Waals surface area contributed by atoms with Crippen molar-refractivity contribution in [3.8, 4) is 5.75 Å². The lowest BCUT2D eigenvalue weighted by molar-refractivity contribution is -0.134. The number of carbonyl (C=O) groups excluding carboxylic acids is 2. The number of anilines is 2. The molecular weight excluding hydrogens is 419 g/mol. The summed E-state index contributed by atoms with van der Waals surface area (Å²) in [6.45, 7) is 4.68. The molecule has 0 saturated heterocycles. The second-order valence-electron chi connectivity index (χ2n) is 7.10. The molecule has 152 valence electrons. The highest BCUT2D eigenvalue weighted by atomic mass is 35.5. The number of hydrogen-bond donors (Lipinski definition) is 2. The first-order valence-electron chi connectivity index (χ1n) is 8.66. The number of ether oxygens (including phenoxy) is 1. The van der Waals surface area contributed by atoms with E-state index in [1.807, 2.05) is 0 Å². The van der Waals surface area contributed by atoms with E-state index in [4.69, 9.17) is 27.9 Å². The Hall–Kier alpha value is -2.77. The van der Waals surface area contributed by atoms with E-state index in [0.29, 0.717) is 21.4 Å². The number of aromatic carboxylic acids is 1. The van der Waals surface area contributed by atoms with Crippen molar-refractivity contribution in [2.75, 3.05) is 10.2 Å². The predicted octanol–water partition coefficient (Wildman–Crippen LogP) is 4.22. The maximum atomic E-state index is 13.0. The molecule has 0 saturated carbocycles. The number of carboxylic acids is 1. The largest absolute Gasteiger partial charge is 0.478 e. The van der Waals surface area contributed by atoms with Crippen molar-refractivity contribution in [2.45, 2.75) is 32.4 Å². The van der Waals surface area contributed by atoms with Crippen LogP contribution in [0.1, 0.15) is 31.1 Å². The number of rotatable bonds is 4. The van der Waals surface area contributed by atoms with Crippen LogP contribution in [0.4, 0.5) is 11.4 Å². The fourth-order valence-corrected chi connectivity index (χ4v) is 3.55. The number of carboxylic acid groups (broad SMARTS) is 1. The number of benzene rings is 2. The van der Waals surface area contributed by atoms with Gasteiger partial charge in [0.1, 0.15) is 11.8 Å². The molecule has 2 aromatic carbocycles. The van der Waals surface area contributed by atoms with Crippen molar-refractivity contribution in [2.24, 2.45) is 0 Å². The molecule has 2 N–H and O–H groups in total. The highest BCUT2D eigenvalue weighted by Gasteiger charge is 2.44. The molecule has 0 radical (unpaired) electrons. The number of nitrogens with zero attached hydrogens (tertiary/aromatic N) is 1. The summed E-state index contributed by atoms with van der Waals surface area (Å²) in [6.07, 6.45) is 0. The van der Waals surface area contributed by atoms with E-state index >= 15 is 0 Å². The number of amides is 2. The van der Waals surface area contributed by atoms with Crippen LogP contribution in [-0.4, -0.2) is 34.5 Å². The van der Waals surface area contributed by atoms with Gasteiger partial charge >= 0.3 is 5.97 Å². The molecule has 3 rings (SSSR count). The summed E-state index contributed by atoms with van der Waals surface area (Å²) in [5.41, 5.74) is -0.565. The fraction of sp³-hybridized carbons (Fsp3) is 0.250. The van der Waals surface area contributed by atoms with E-state index < -0.39 is 29.4 Å². The van der Waals surface area contributed by atoms with E-state index in [9.17, 15) is 19.5 Å². The van der Waals surface area contributed by atoms with Crippen LogP contribution >= 0.6 is 23.2 Å². The van der Waals surface area contributed by atoms with Gasteiger partial charge in [0.2, 0.25) is 5.91 Å². The van der Waals surface area contributed by atoms with Crippen molar-refractivity contribution < 1.29 is 24.2 Å². The summed E-state index contributed by atoms with van der Waals surface area (Å²) in [5.74, 6) is -1.82. The monoisotopic (exact) mass is 436 g/mol. The quantitative estimate of drug-likeness (QED) is 0.747. The highest BCUT2D eigenvalue weighted by Crippen LogP contribution is 2.39. The van der Waals surface area contributed by atoms with Gasteiger partial charge in [0, 0.05) is 15.7 Å². The molecule has 0 aliphatic carbocycles. The Kier molecular flexibility index (Phi) is 5.47. The second-order valence-corrected chi connectivity index (χ2v) is 7.97. The lowest BCUT2D eigenvalue weighted by Crippen LogP contribution is -2.57. The van der Waals surface area contributed by atoms with Gasteiger partial charge in [-0.2, -0.15) is 0 Å². The van der Waals surface area contributed by atoms with Gasteiger partial charge in [0.15, 0.2) is 5.60 Å². The van der Waals surface area contributed by atoms with Crippen LogP contribution in [0, 0.1) is 0 Å². The number of carbonyl (C=O) groups is 3. The number of fused-ring (bicyclic) bond motifs is 1. The van der Waals surface area contributed by atoms with E-state index in [-0.39, 0.29) is 11.3 Å². The third-order valence-electron chi connectivity index (χ3n) is 4.46. The smallest absolute Gasteiger partial charge is 0.335 e. The van der Waals surface area contributed by atoms with Gasteiger partial charge in [-0.25, -0.2) is 4.79 Å². The first-order valence-corrected chi connectivity index (χ1v) is 9.42. The van der Waals surface area contributed by atoms with Crippen LogP contribution in [0.5, 0.6) is 5.75 Å². The normalized spacial score (nSPS) is 15.9. The molecule has 1 aliphatic heterocycles. The highest BCUT2D eigenvalue weighted by molar-refractivity contribution is 6.35. The number of hydrogen-bond acceptors (Lipinski definition) is 4. The molecule has 1 heterocycles. The summed E-state index contributed by atoms with van der Waals surface area (Å²) in [7, 11) is 0. The summed E-state index contributed by atoms with van der Waals surface area (Å²) < 4.78 is 5.71. The van der Waals surface area contributed by atoms with Gasteiger partial charge in [0.05, 0.1) is 11.3 Å². The Morgan fingerprint density at radius 3 is 2.34 bits per heavy atom. The molecule has 1 aliphatic rings. The maximum Gasteiger partial charge on any atom is 0.335 e. The Bertz CT molecular complexity index is 1000. The summed E-state index contributed by atoms with van der Waals surface area (Å²) in [5, 5.41) is 12.6. The predicted molar refractivity (Wildman–Crippen MR) is 110 cm³/mol. The van der Waals surface area contributed by atoms with E-state index in [2.05, 4.69) is 5.32 Å². The molecule has 2 amide bonds. The maximum absolute atomic E-state index is 13.0. The van der Waals surface area contributed by atoms with Crippen LogP contribution in [-0.2, 0) is 9.59 Å². The van der Waals surface area contributed by atoms with E-state index in [1.54, 1.807) is 20.8 Å². The van der Waals surface area contributed by atoms with Crippen LogP contribution in [0.15, 0.2) is 36.4 Å². The van der Waals surface area contributed by atoms with Crippen LogP contribution in [0.3, 0.4) is 0 Å². The van der Waals surface area contributed by atoms with Crippen LogP contribution in [0.25, 0.3) is 0 Å². The first kappa shape index (κ1) is 21.0. The van der Waals surface area contributed by atoms with Crippen LogP contribution < -0.4 is 15.0 Å². The summed E-state index contributed by atoms with van der Waals surface area (Å²) in [6, 6.07) is 7.83. The molecule has 0 spiro atoms. The Morgan fingerprint density at radius 2 is 1.76 bits per heavy atom. The molecule has 0 fully saturated rings. The molecule has 2 aromatic rings. The number of halogens is 2. The zero-order valence-electron chi connectivity index (χ0n) is 15.8. The molecule has 7 nitrogen and oxygen atoms in total. The fourth-order valence-electron chi connectivity index (χ4n) is 3.02.